The monoisotopic (exact) mass is 204 g/mol. The standard InChI is InChI=1S/4ClH.H4N2O2/c;;;;3-1-2-4/h4*1H;1-2H2/p-4. The van der Waals surface area contributed by atoms with Crippen molar-refractivity contribution in [2.75, 3.05) is 0 Å². The lowest BCUT2D eigenvalue weighted by atomic mass is 12.7. The van der Waals surface area contributed by atoms with Gasteiger partial charge in [0, 0.05) is 0 Å². The Bertz CT molecular complexity index is 14.0. The molecule has 0 aliphatic rings. The van der Waals surface area contributed by atoms with Crippen molar-refractivity contribution in [3.05, 3.63) is 10.4 Å². The summed E-state index contributed by atoms with van der Waals surface area (Å²) in [5, 5.41) is 17.6. The van der Waals surface area contributed by atoms with E-state index in [1.54, 1.807) is 0 Å². The van der Waals surface area contributed by atoms with E-state index < -0.39 is 0 Å². The molecule has 0 aromatic rings. The van der Waals surface area contributed by atoms with Crippen molar-refractivity contribution in [3.63, 3.8) is 0 Å². The number of hydrogen-bond acceptors (Lipinski definition) is 2. The smallest absolute Gasteiger partial charge is 0.229 e. The summed E-state index contributed by atoms with van der Waals surface area (Å²) in [6.07, 6.45) is 0. The molecule has 0 amide bonds. The quantitative estimate of drug-likeness (QED) is 0.330. The predicted molar refractivity (Wildman–Crippen MR) is 10.6 cm³/mol. The second kappa shape index (κ2) is 43.6. The summed E-state index contributed by atoms with van der Waals surface area (Å²) < 4.78 is 0. The molecular weight excluding hydrogens is 202 g/mol. The molecule has 0 aromatic heterocycles. The van der Waals surface area contributed by atoms with E-state index in [1.807, 2.05) is 0 Å². The second-order valence-corrected chi connectivity index (χ2v) is 0.272. The first-order chi connectivity index (χ1) is 1.91. The fourth-order valence-electron chi connectivity index (χ4n) is 0. The van der Waals surface area contributed by atoms with Crippen molar-refractivity contribution in [1.82, 2.24) is 0 Å². The molecule has 0 spiro atoms. The van der Waals surface area contributed by atoms with Gasteiger partial charge in [-0.25, -0.2) is 11.2 Å². The van der Waals surface area contributed by atoms with Crippen LogP contribution in [0.2, 0.25) is 0 Å². The predicted octanol–water partition coefficient (Wildman–Crippen LogP) is -15.0. The molecule has 0 aliphatic carbocycles. The summed E-state index contributed by atoms with van der Waals surface area (Å²) in [5.41, 5.74) is 0.389. The number of hydrogen-bond donors (Lipinski definition) is 2. The Hall–Kier alpha value is 1.000. The molecule has 0 saturated carbocycles. The van der Waals surface area contributed by atoms with Crippen molar-refractivity contribution in [2.24, 2.45) is 0 Å². The highest BCUT2D eigenvalue weighted by atomic mass is 35.5. The molecule has 0 aliphatic heterocycles. The van der Waals surface area contributed by atoms with Gasteiger partial charge in [-0.1, -0.05) is 0 Å². The van der Waals surface area contributed by atoms with Crippen LogP contribution in [-0.4, -0.2) is 0 Å². The number of halogens is 4. The van der Waals surface area contributed by atoms with Gasteiger partial charge in [-0.2, -0.15) is 0 Å². The maximum atomic E-state index is 8.81. The van der Waals surface area contributed by atoms with Gasteiger partial charge in [0.1, 0.15) is 0 Å². The highest BCUT2D eigenvalue weighted by molar-refractivity contribution is 3.73. The fourth-order valence-corrected chi connectivity index (χ4v) is 0. The van der Waals surface area contributed by atoms with Crippen LogP contribution in [0.3, 0.4) is 0 Å². The van der Waals surface area contributed by atoms with E-state index in [4.69, 9.17) is 10.4 Å². The average Bonchev–Trinajstić information content (AvgIpc) is 1.37. The molecule has 8 heavy (non-hydrogen) atoms. The van der Waals surface area contributed by atoms with Gasteiger partial charge in [0.05, 0.1) is 0 Å². The first-order valence-electron chi connectivity index (χ1n) is 0.805. The molecule has 0 rings (SSSR count). The van der Waals surface area contributed by atoms with Gasteiger partial charge in [-0.15, -0.1) is 0 Å². The van der Waals surface area contributed by atoms with Gasteiger partial charge >= 0.3 is 0 Å². The van der Waals surface area contributed by atoms with Crippen LogP contribution in [0.25, 0.3) is 0 Å². The Labute approximate surface area is 71.6 Å². The highest BCUT2D eigenvalue weighted by Crippen LogP contribution is 0.658. The van der Waals surface area contributed by atoms with Gasteiger partial charge in [-0.3, -0.25) is 0 Å². The molecule has 58 valence electrons. The van der Waals surface area contributed by atoms with E-state index in [9.17, 15) is 0 Å². The lowest BCUT2D eigenvalue weighted by Gasteiger charge is -1.96. The molecule has 0 radical (unpaired) electrons. The molecule has 0 saturated heterocycles. The van der Waals surface area contributed by atoms with Crippen LogP contribution in [-0.2, 0) is 0 Å². The van der Waals surface area contributed by atoms with Crippen LogP contribution >= 0.6 is 0 Å². The van der Waals surface area contributed by atoms with Crippen molar-refractivity contribution in [2.45, 2.75) is 0 Å². The van der Waals surface area contributed by atoms with Crippen LogP contribution in [0.5, 0.6) is 0 Å². The Balaban J connectivity index is -0.00000000750. The van der Waals surface area contributed by atoms with Crippen LogP contribution < -0.4 is 60.8 Å². The van der Waals surface area contributed by atoms with E-state index in [0.29, 0.717) is 0 Å². The normalized spacial score (nSPS) is 3.75. The lowest BCUT2D eigenvalue weighted by Crippen LogP contribution is -3.25. The first-order valence-corrected chi connectivity index (χ1v) is 0.805. The molecule has 0 atom stereocenters. The van der Waals surface area contributed by atoms with Crippen LogP contribution in [0.4, 0.5) is 0 Å². The summed E-state index contributed by atoms with van der Waals surface area (Å²) in [5.74, 6) is 0. The molecule has 8 heteroatoms. The van der Waals surface area contributed by atoms with E-state index in [0.717, 1.165) is 0 Å². The van der Waals surface area contributed by atoms with Crippen LogP contribution in [0.1, 0.15) is 0 Å². The molecule has 0 bridgehead atoms. The van der Waals surface area contributed by atoms with E-state index >= 15 is 0 Å². The molecule has 0 aromatic carbocycles. The van der Waals surface area contributed by atoms with Crippen molar-refractivity contribution in [3.8, 4) is 0 Å². The Morgan fingerprint density at radius 3 is 0.750 bits per heavy atom. The van der Waals surface area contributed by atoms with Gasteiger partial charge < -0.3 is 60.0 Å². The largest absolute Gasteiger partial charge is 1.00 e. The van der Waals surface area contributed by atoms with Gasteiger partial charge in [0.25, 0.3) is 0 Å². The van der Waals surface area contributed by atoms with Crippen molar-refractivity contribution >= 4 is 0 Å². The third-order valence-electron chi connectivity index (χ3n) is 0.0556. The number of quaternary nitrogens is 2. The van der Waals surface area contributed by atoms with Gasteiger partial charge in [0.2, 0.25) is 0 Å². The zero-order valence-corrected chi connectivity index (χ0v) is 6.51. The third-order valence-corrected chi connectivity index (χ3v) is 0.0556. The zero-order valence-electron chi connectivity index (χ0n) is 3.48. The van der Waals surface area contributed by atoms with Gasteiger partial charge in [0.15, 0.2) is 0 Å². The topological polar surface area (TPSA) is 79.3 Å². The minimum absolute atomic E-state index is 0. The minimum Gasteiger partial charge on any atom is -1.00 e. The van der Waals surface area contributed by atoms with Crippen molar-refractivity contribution < 1.29 is 60.8 Å². The molecule has 0 heterocycles. The molecule has 0 unspecified atom stereocenters. The zero-order chi connectivity index (χ0) is 3.41. The maximum Gasteiger partial charge on any atom is -0.229 e. The summed E-state index contributed by atoms with van der Waals surface area (Å²) in [4.78, 5) is 0. The number of nitrogens with two attached hydrogens (primary N) is 2. The van der Waals surface area contributed by atoms with E-state index in [1.165, 1.54) is 0 Å². The van der Waals surface area contributed by atoms with Crippen LogP contribution in [0, 0.1) is 10.4 Å². The SMILES string of the molecule is [Cl-].[Cl-].[Cl-].[Cl-].[O-][NH2+][NH2+][O-]. The Kier molecular flexibility index (Phi) is 196. The Morgan fingerprint density at radius 1 is 0.625 bits per heavy atom. The summed E-state index contributed by atoms with van der Waals surface area (Å²) in [7, 11) is 0. The summed E-state index contributed by atoms with van der Waals surface area (Å²) in [6.45, 7) is 0. The minimum atomic E-state index is 0. The summed E-state index contributed by atoms with van der Waals surface area (Å²) in [6, 6.07) is 0. The Morgan fingerprint density at radius 2 is 0.750 bits per heavy atom. The highest BCUT2D eigenvalue weighted by Gasteiger charge is 1.30. The van der Waals surface area contributed by atoms with E-state index in [-0.39, 0.29) is 60.8 Å². The molecule has 0 fully saturated rings. The maximum absolute atomic E-state index is 8.81. The van der Waals surface area contributed by atoms with E-state index in [2.05, 4.69) is 0 Å². The average molecular weight is 206 g/mol. The molecular formula is H4Cl4N2O2-4. The second-order valence-electron chi connectivity index (χ2n) is 0.272. The molecule has 4 N–H and O–H groups in total. The van der Waals surface area contributed by atoms with Crippen LogP contribution in [0.15, 0.2) is 0 Å². The fraction of sp³-hybridized carbons (Fsp3) is 0. The summed E-state index contributed by atoms with van der Waals surface area (Å²) >= 11 is 0. The third kappa shape index (κ3) is 63.0. The van der Waals surface area contributed by atoms with Gasteiger partial charge in [-0.05, 0) is 0 Å². The lowest BCUT2D eigenvalue weighted by molar-refractivity contribution is -1.22. The van der Waals surface area contributed by atoms with Crippen molar-refractivity contribution in [1.29, 1.82) is 0 Å². The first kappa shape index (κ1) is 36.0. The molecule has 4 nitrogen and oxygen atoms in total. The number of rotatable bonds is 1.